The standard InChI is InChI=1S/C27H22ClN7O3/c1-38-26(37)10-16-3-2-4-17(9-16)22-14-29-27(31-22)24-8-6-20-11-18(12-25(36)35(20)24)21-13-19(28)5-7-23(21)34-15-30-32-33-34/h2-5,7,9,11-15,24H,6,8,10H2,1H3,(H,29,31)/t24-/m0/s1. The molecule has 0 bridgehead atoms. The van der Waals surface area contributed by atoms with Gasteiger partial charge in [-0.3, -0.25) is 9.59 Å². The molecule has 190 valence electrons. The number of esters is 1. The normalized spacial score (nSPS) is 14.4. The first-order chi connectivity index (χ1) is 18.5. The number of methoxy groups -OCH3 is 1. The number of rotatable bonds is 6. The van der Waals surface area contributed by atoms with Gasteiger partial charge in [0.25, 0.3) is 5.56 Å². The van der Waals surface area contributed by atoms with Gasteiger partial charge in [0.15, 0.2) is 0 Å². The highest BCUT2D eigenvalue weighted by Crippen LogP contribution is 2.34. The largest absolute Gasteiger partial charge is 0.469 e. The molecule has 0 saturated carbocycles. The van der Waals surface area contributed by atoms with E-state index in [4.69, 9.17) is 16.3 Å². The van der Waals surface area contributed by atoms with Crippen LogP contribution in [0.1, 0.15) is 29.5 Å². The van der Waals surface area contributed by atoms with Gasteiger partial charge in [0.1, 0.15) is 12.2 Å². The van der Waals surface area contributed by atoms with Crippen molar-refractivity contribution in [2.24, 2.45) is 0 Å². The number of aromatic nitrogens is 7. The third kappa shape index (κ3) is 4.39. The van der Waals surface area contributed by atoms with Crippen molar-refractivity contribution in [3.8, 4) is 28.1 Å². The van der Waals surface area contributed by atoms with Crippen molar-refractivity contribution in [2.75, 3.05) is 7.11 Å². The van der Waals surface area contributed by atoms with Crippen LogP contribution < -0.4 is 5.56 Å². The molecule has 38 heavy (non-hydrogen) atoms. The number of aromatic amines is 1. The average molecular weight is 528 g/mol. The number of ether oxygens (including phenoxy) is 1. The number of aryl methyl sites for hydroxylation is 1. The zero-order valence-corrected chi connectivity index (χ0v) is 21.1. The molecule has 0 radical (unpaired) electrons. The second kappa shape index (κ2) is 9.71. The van der Waals surface area contributed by atoms with Crippen molar-refractivity contribution in [1.29, 1.82) is 0 Å². The molecule has 1 aliphatic heterocycles. The summed E-state index contributed by atoms with van der Waals surface area (Å²) in [5.41, 5.74) is 5.60. The van der Waals surface area contributed by atoms with Crippen molar-refractivity contribution < 1.29 is 9.53 Å². The summed E-state index contributed by atoms with van der Waals surface area (Å²) >= 11 is 6.30. The van der Waals surface area contributed by atoms with E-state index in [9.17, 15) is 9.59 Å². The molecule has 0 unspecified atom stereocenters. The van der Waals surface area contributed by atoms with E-state index in [0.29, 0.717) is 10.8 Å². The van der Waals surface area contributed by atoms with E-state index in [1.165, 1.54) is 13.4 Å². The zero-order valence-electron chi connectivity index (χ0n) is 20.3. The van der Waals surface area contributed by atoms with Crippen LogP contribution in [0.3, 0.4) is 0 Å². The number of H-pyrrole nitrogens is 1. The van der Waals surface area contributed by atoms with Crippen LogP contribution in [-0.2, 0) is 22.4 Å². The molecule has 1 atom stereocenters. The average Bonchev–Trinajstić information content (AvgIpc) is 3.69. The lowest BCUT2D eigenvalue weighted by molar-refractivity contribution is -0.139. The number of halogens is 1. The zero-order chi connectivity index (χ0) is 26.2. The molecule has 0 fully saturated rings. The molecular weight excluding hydrogens is 506 g/mol. The van der Waals surface area contributed by atoms with Crippen LogP contribution in [0.25, 0.3) is 28.1 Å². The molecule has 0 spiro atoms. The number of carbonyl (C=O) groups is 1. The summed E-state index contributed by atoms with van der Waals surface area (Å²) in [6.07, 6.45) is 4.92. The number of benzene rings is 2. The van der Waals surface area contributed by atoms with E-state index in [0.717, 1.165) is 52.2 Å². The lowest BCUT2D eigenvalue weighted by atomic mass is 10.0. The molecule has 6 rings (SSSR count). The number of tetrazole rings is 1. The summed E-state index contributed by atoms with van der Waals surface area (Å²) in [5, 5.41) is 12.0. The molecule has 1 N–H and O–H groups in total. The second-order valence-electron chi connectivity index (χ2n) is 9.05. The quantitative estimate of drug-likeness (QED) is 0.333. The van der Waals surface area contributed by atoms with E-state index in [1.54, 1.807) is 27.6 Å². The Bertz CT molecular complexity index is 1710. The monoisotopic (exact) mass is 527 g/mol. The minimum absolute atomic E-state index is 0.124. The fourth-order valence-corrected chi connectivity index (χ4v) is 5.13. The fourth-order valence-electron chi connectivity index (χ4n) is 4.96. The molecule has 10 nitrogen and oxygen atoms in total. The summed E-state index contributed by atoms with van der Waals surface area (Å²) in [6, 6.07) is 16.5. The van der Waals surface area contributed by atoms with Gasteiger partial charge in [-0.15, -0.1) is 5.10 Å². The van der Waals surface area contributed by atoms with Crippen molar-refractivity contribution in [1.82, 2.24) is 34.7 Å². The van der Waals surface area contributed by atoms with Gasteiger partial charge in [0.05, 0.1) is 37.2 Å². The number of hydrogen-bond acceptors (Lipinski definition) is 7. The Hall–Kier alpha value is -4.57. The number of nitrogens with zero attached hydrogens (tertiary/aromatic N) is 6. The maximum absolute atomic E-state index is 13.4. The molecule has 0 amide bonds. The van der Waals surface area contributed by atoms with Gasteiger partial charge < -0.3 is 14.3 Å². The van der Waals surface area contributed by atoms with Crippen LogP contribution >= 0.6 is 11.6 Å². The van der Waals surface area contributed by atoms with Gasteiger partial charge in [-0.25, -0.2) is 4.98 Å². The molecule has 5 aromatic rings. The molecule has 4 heterocycles. The second-order valence-corrected chi connectivity index (χ2v) is 9.49. The minimum Gasteiger partial charge on any atom is -0.469 e. The predicted octanol–water partition coefficient (Wildman–Crippen LogP) is 3.79. The Morgan fingerprint density at radius 3 is 2.87 bits per heavy atom. The van der Waals surface area contributed by atoms with Crippen molar-refractivity contribution in [2.45, 2.75) is 25.3 Å². The van der Waals surface area contributed by atoms with E-state index in [1.807, 2.05) is 42.5 Å². The third-order valence-corrected chi connectivity index (χ3v) is 6.96. The number of fused-ring (bicyclic) bond motifs is 1. The van der Waals surface area contributed by atoms with Crippen molar-refractivity contribution in [3.63, 3.8) is 0 Å². The molecule has 2 aromatic carbocycles. The van der Waals surface area contributed by atoms with E-state index < -0.39 is 0 Å². The topological polar surface area (TPSA) is 121 Å². The number of hydrogen-bond donors (Lipinski definition) is 1. The Morgan fingerprint density at radius 1 is 1.16 bits per heavy atom. The van der Waals surface area contributed by atoms with Crippen molar-refractivity contribution in [3.05, 3.63) is 99.6 Å². The van der Waals surface area contributed by atoms with Crippen LogP contribution in [0.4, 0.5) is 0 Å². The first-order valence-corrected chi connectivity index (χ1v) is 12.4. The molecule has 1 aliphatic rings. The lowest BCUT2D eigenvalue weighted by Gasteiger charge is -2.15. The van der Waals surface area contributed by atoms with Gasteiger partial charge in [-0.05, 0) is 70.3 Å². The minimum atomic E-state index is -0.295. The van der Waals surface area contributed by atoms with Gasteiger partial charge in [-0.2, -0.15) is 4.68 Å². The molecule has 0 aliphatic carbocycles. The summed E-state index contributed by atoms with van der Waals surface area (Å²) in [7, 11) is 1.38. The third-order valence-electron chi connectivity index (χ3n) is 6.72. The van der Waals surface area contributed by atoms with Crippen LogP contribution in [0.15, 0.2) is 71.9 Å². The maximum atomic E-state index is 13.4. The number of carbonyl (C=O) groups excluding carboxylic acids is 1. The smallest absolute Gasteiger partial charge is 0.309 e. The van der Waals surface area contributed by atoms with Crippen LogP contribution in [-0.4, -0.2) is 47.8 Å². The van der Waals surface area contributed by atoms with E-state index in [2.05, 4.69) is 25.5 Å². The Labute approximate surface area is 221 Å². The Morgan fingerprint density at radius 2 is 2.05 bits per heavy atom. The first-order valence-electron chi connectivity index (χ1n) is 12.0. The van der Waals surface area contributed by atoms with Crippen molar-refractivity contribution >= 4 is 17.6 Å². The molecular formula is C27H22ClN7O3. The molecule has 3 aromatic heterocycles. The van der Waals surface area contributed by atoms with Crippen LogP contribution in [0.2, 0.25) is 5.02 Å². The Balaban J connectivity index is 1.33. The summed E-state index contributed by atoms with van der Waals surface area (Å²) in [4.78, 5) is 33.1. The summed E-state index contributed by atoms with van der Waals surface area (Å²) in [5.74, 6) is 0.417. The van der Waals surface area contributed by atoms with Gasteiger partial charge in [0, 0.05) is 22.3 Å². The Kier molecular flexibility index (Phi) is 6.09. The van der Waals surface area contributed by atoms with E-state index >= 15 is 0 Å². The van der Waals surface area contributed by atoms with Gasteiger partial charge in [0.2, 0.25) is 0 Å². The SMILES string of the molecule is COC(=O)Cc1cccc(-c2cnc([C@@H]3CCc4cc(-c5cc(Cl)ccc5-n5cnnn5)cc(=O)n43)[nH]2)c1. The van der Waals surface area contributed by atoms with Crippen LogP contribution in [0.5, 0.6) is 0 Å². The molecule has 0 saturated heterocycles. The summed E-state index contributed by atoms with van der Waals surface area (Å²) in [6.45, 7) is 0. The lowest BCUT2D eigenvalue weighted by Crippen LogP contribution is -2.23. The number of nitrogens with one attached hydrogen (secondary N) is 1. The first kappa shape index (κ1) is 23.8. The fraction of sp³-hybridized carbons (Fsp3) is 0.185. The summed E-state index contributed by atoms with van der Waals surface area (Å²) < 4.78 is 8.11. The maximum Gasteiger partial charge on any atom is 0.309 e. The van der Waals surface area contributed by atoms with Crippen LogP contribution in [0, 0.1) is 0 Å². The number of pyridine rings is 1. The van der Waals surface area contributed by atoms with Gasteiger partial charge in [-0.1, -0.05) is 29.8 Å². The highest BCUT2D eigenvalue weighted by Gasteiger charge is 2.28. The highest BCUT2D eigenvalue weighted by atomic mass is 35.5. The number of imidazole rings is 1. The molecule has 11 heteroatoms. The van der Waals surface area contributed by atoms with E-state index in [-0.39, 0.29) is 24.0 Å². The predicted molar refractivity (Wildman–Crippen MR) is 140 cm³/mol. The van der Waals surface area contributed by atoms with Gasteiger partial charge >= 0.3 is 5.97 Å². The highest BCUT2D eigenvalue weighted by molar-refractivity contribution is 6.31.